The van der Waals surface area contributed by atoms with E-state index >= 15 is 0 Å². The molecule has 1 aromatic rings. The fourth-order valence-corrected chi connectivity index (χ4v) is 3.61. The summed E-state index contributed by atoms with van der Waals surface area (Å²) < 4.78 is 0. The van der Waals surface area contributed by atoms with E-state index in [2.05, 4.69) is 56.3 Å². The van der Waals surface area contributed by atoms with Crippen LogP contribution in [0.1, 0.15) is 32.3 Å². The van der Waals surface area contributed by atoms with Crippen LogP contribution in [-0.2, 0) is 5.41 Å². The molecule has 0 aliphatic heterocycles. The van der Waals surface area contributed by atoms with Crippen molar-refractivity contribution in [3.63, 3.8) is 0 Å². The first kappa shape index (κ1) is 9.89. The molecule has 0 spiro atoms. The summed E-state index contributed by atoms with van der Waals surface area (Å²) in [5, 5.41) is 0. The van der Waals surface area contributed by atoms with Gasteiger partial charge in [-0.15, -0.1) is 0 Å². The minimum absolute atomic E-state index is 0.333. The van der Waals surface area contributed by atoms with Gasteiger partial charge in [0.1, 0.15) is 0 Å². The van der Waals surface area contributed by atoms with E-state index in [4.69, 9.17) is 0 Å². The highest BCUT2D eigenvalue weighted by Crippen LogP contribution is 2.58. The topological polar surface area (TPSA) is 0 Å². The van der Waals surface area contributed by atoms with E-state index in [0.29, 0.717) is 5.41 Å². The lowest BCUT2D eigenvalue weighted by atomic mass is 9.50. The molecule has 1 aromatic carbocycles. The lowest BCUT2D eigenvalue weighted by molar-refractivity contribution is 0.287. The molecule has 3 rings (SSSR count). The maximum Gasteiger partial charge on any atom is 0.0264 e. The number of fused-ring (bicyclic) bond motifs is 1. The highest BCUT2D eigenvalue weighted by molar-refractivity contribution is 5.51. The molecule has 0 heterocycles. The molecule has 0 radical (unpaired) electrons. The minimum atomic E-state index is 0.333. The van der Waals surface area contributed by atoms with Gasteiger partial charge in [-0.1, -0.05) is 53.6 Å². The first-order chi connectivity index (χ1) is 7.77. The summed E-state index contributed by atoms with van der Waals surface area (Å²) in [4.78, 5) is 0. The van der Waals surface area contributed by atoms with Crippen LogP contribution < -0.4 is 0 Å². The lowest BCUT2D eigenvalue weighted by Gasteiger charge is -2.53. The third kappa shape index (κ3) is 1.05. The maximum absolute atomic E-state index is 2.36. The molecule has 0 fully saturated rings. The molecular weight excluding hydrogens is 192 g/mol. The van der Waals surface area contributed by atoms with Crippen LogP contribution >= 0.6 is 0 Å². The summed E-state index contributed by atoms with van der Waals surface area (Å²) in [6.45, 7) is 4.62. The Bertz CT molecular complexity index is 464. The van der Waals surface area contributed by atoms with Crippen molar-refractivity contribution in [2.24, 2.45) is 5.92 Å². The zero-order valence-electron chi connectivity index (χ0n) is 10.0. The van der Waals surface area contributed by atoms with Gasteiger partial charge in [0.05, 0.1) is 0 Å². The van der Waals surface area contributed by atoms with Crippen LogP contribution in [0, 0.1) is 5.92 Å². The second kappa shape index (κ2) is 3.35. The average Bonchev–Trinajstić information content (AvgIpc) is 2.38. The quantitative estimate of drug-likeness (QED) is 0.608. The zero-order valence-corrected chi connectivity index (χ0v) is 10.0. The van der Waals surface area contributed by atoms with Crippen LogP contribution in [0.3, 0.4) is 0 Å². The van der Waals surface area contributed by atoms with Crippen molar-refractivity contribution in [3.8, 4) is 0 Å². The fraction of sp³-hybridized carbons (Fsp3) is 0.375. The molecular formula is C16H18. The molecule has 0 bridgehead atoms. The van der Waals surface area contributed by atoms with Crippen LogP contribution in [0.2, 0.25) is 0 Å². The van der Waals surface area contributed by atoms with Crippen molar-refractivity contribution in [1.29, 1.82) is 0 Å². The molecule has 0 unspecified atom stereocenters. The second-order valence-corrected chi connectivity index (χ2v) is 5.11. The highest BCUT2D eigenvalue weighted by Gasteiger charge is 2.50. The van der Waals surface area contributed by atoms with Gasteiger partial charge in [0, 0.05) is 5.41 Å². The smallest absolute Gasteiger partial charge is 0.0264 e. The van der Waals surface area contributed by atoms with Crippen molar-refractivity contribution in [2.45, 2.75) is 32.1 Å². The Kier molecular flexibility index (Phi) is 2.07. The summed E-state index contributed by atoms with van der Waals surface area (Å²) in [5.74, 6) is 0.750. The van der Waals surface area contributed by atoms with Gasteiger partial charge in [-0.3, -0.25) is 0 Å². The van der Waals surface area contributed by atoms with E-state index in [9.17, 15) is 0 Å². The summed E-state index contributed by atoms with van der Waals surface area (Å²) >= 11 is 0. The molecule has 0 saturated carbocycles. The van der Waals surface area contributed by atoms with E-state index in [1.54, 1.807) is 11.1 Å². The largest absolute Gasteiger partial charge is 0.0879 e. The van der Waals surface area contributed by atoms with Gasteiger partial charge in [-0.2, -0.15) is 0 Å². The first-order valence-electron chi connectivity index (χ1n) is 6.15. The zero-order chi connectivity index (χ0) is 11.2. The van der Waals surface area contributed by atoms with Crippen molar-refractivity contribution in [3.05, 3.63) is 59.2 Å². The predicted octanol–water partition coefficient (Wildman–Crippen LogP) is 4.24. The standard InChI is InChI=1S/C16H18/c1-12-13(2)16(11-7-6-10-15(12)16)14-8-4-3-5-9-14/h3-9,15H,10-11H2,1-2H3/t15-,16+/m0/s1. The van der Waals surface area contributed by atoms with E-state index < -0.39 is 0 Å². The number of benzene rings is 1. The molecule has 82 valence electrons. The van der Waals surface area contributed by atoms with Crippen molar-refractivity contribution in [2.75, 3.05) is 0 Å². The third-order valence-electron chi connectivity index (χ3n) is 4.65. The molecule has 0 nitrogen and oxygen atoms in total. The van der Waals surface area contributed by atoms with Gasteiger partial charge in [-0.25, -0.2) is 0 Å². The SMILES string of the molecule is CC1=C(C)[C@@]2(c3ccccc3)CC=CC[C@@H]12. The first-order valence-corrected chi connectivity index (χ1v) is 6.15. The van der Waals surface area contributed by atoms with Crippen molar-refractivity contribution < 1.29 is 0 Å². The molecule has 0 heteroatoms. The Morgan fingerprint density at radius 2 is 1.81 bits per heavy atom. The Morgan fingerprint density at radius 3 is 2.56 bits per heavy atom. The van der Waals surface area contributed by atoms with Gasteiger partial charge in [0.2, 0.25) is 0 Å². The van der Waals surface area contributed by atoms with Gasteiger partial charge >= 0.3 is 0 Å². The van der Waals surface area contributed by atoms with E-state index in [1.165, 1.54) is 18.4 Å². The molecule has 2 atom stereocenters. The van der Waals surface area contributed by atoms with Gasteiger partial charge in [0.15, 0.2) is 0 Å². The van der Waals surface area contributed by atoms with Gasteiger partial charge in [0.25, 0.3) is 0 Å². The van der Waals surface area contributed by atoms with Crippen LogP contribution in [0.5, 0.6) is 0 Å². The Labute approximate surface area is 97.7 Å². The third-order valence-corrected chi connectivity index (χ3v) is 4.65. The Morgan fingerprint density at radius 1 is 1.06 bits per heavy atom. The van der Waals surface area contributed by atoms with Gasteiger partial charge < -0.3 is 0 Å². The number of allylic oxidation sites excluding steroid dienone is 4. The number of hydrogen-bond acceptors (Lipinski definition) is 0. The second-order valence-electron chi connectivity index (χ2n) is 5.11. The molecule has 16 heavy (non-hydrogen) atoms. The fourth-order valence-electron chi connectivity index (χ4n) is 3.61. The molecule has 2 aliphatic rings. The summed E-state index contributed by atoms with van der Waals surface area (Å²) in [5.41, 5.74) is 5.06. The molecule has 0 N–H and O–H groups in total. The lowest BCUT2D eigenvalue weighted by Crippen LogP contribution is -2.46. The van der Waals surface area contributed by atoms with E-state index in [-0.39, 0.29) is 0 Å². The summed E-state index contributed by atoms with van der Waals surface area (Å²) in [6, 6.07) is 11.0. The normalized spacial score (nSPS) is 32.2. The monoisotopic (exact) mass is 210 g/mol. The average molecular weight is 210 g/mol. The maximum atomic E-state index is 2.36. The molecule has 0 aromatic heterocycles. The van der Waals surface area contributed by atoms with Crippen LogP contribution in [0.15, 0.2) is 53.6 Å². The Hall–Kier alpha value is -1.30. The van der Waals surface area contributed by atoms with Crippen LogP contribution in [-0.4, -0.2) is 0 Å². The van der Waals surface area contributed by atoms with E-state index in [1.807, 2.05) is 0 Å². The summed E-state index contributed by atoms with van der Waals surface area (Å²) in [6.07, 6.45) is 7.12. The van der Waals surface area contributed by atoms with Crippen molar-refractivity contribution >= 4 is 0 Å². The minimum Gasteiger partial charge on any atom is -0.0879 e. The molecule has 0 amide bonds. The number of hydrogen-bond donors (Lipinski definition) is 0. The molecule has 2 aliphatic carbocycles. The highest BCUT2D eigenvalue weighted by atomic mass is 14.5. The van der Waals surface area contributed by atoms with Crippen LogP contribution in [0.25, 0.3) is 0 Å². The van der Waals surface area contributed by atoms with Gasteiger partial charge in [-0.05, 0) is 38.2 Å². The van der Waals surface area contributed by atoms with E-state index in [0.717, 1.165) is 5.92 Å². The number of rotatable bonds is 1. The van der Waals surface area contributed by atoms with Crippen molar-refractivity contribution in [1.82, 2.24) is 0 Å². The van der Waals surface area contributed by atoms with Crippen LogP contribution in [0.4, 0.5) is 0 Å². The predicted molar refractivity (Wildman–Crippen MR) is 68.4 cm³/mol. The summed E-state index contributed by atoms with van der Waals surface area (Å²) in [7, 11) is 0. The Balaban J connectivity index is 2.14. The molecule has 0 saturated heterocycles.